The predicted molar refractivity (Wildman–Crippen MR) is 57.2 cm³/mol. The van der Waals surface area contributed by atoms with E-state index in [4.69, 9.17) is 16.3 Å². The average Bonchev–Trinajstić information content (AvgIpc) is 2.15. The Labute approximate surface area is 86.8 Å². The number of hydrogen-bond acceptors (Lipinski definition) is 1. The largest absolute Gasteiger partial charge is 0.381 e. The maximum absolute atomic E-state index is 5.95. The number of rotatable bonds is 4. The summed E-state index contributed by atoms with van der Waals surface area (Å²) in [5, 5.41) is 0. The first-order valence-electron chi connectivity index (χ1n) is 5.37. The number of halogens is 1. The van der Waals surface area contributed by atoms with Gasteiger partial charge in [-0.25, -0.2) is 0 Å². The van der Waals surface area contributed by atoms with Crippen molar-refractivity contribution in [3.05, 3.63) is 0 Å². The van der Waals surface area contributed by atoms with Crippen LogP contribution in [0.3, 0.4) is 0 Å². The van der Waals surface area contributed by atoms with Gasteiger partial charge in [-0.1, -0.05) is 13.8 Å². The second-order valence-electron chi connectivity index (χ2n) is 4.45. The van der Waals surface area contributed by atoms with Crippen molar-refractivity contribution < 1.29 is 4.74 Å². The molecule has 1 heterocycles. The summed E-state index contributed by atoms with van der Waals surface area (Å²) in [5.74, 6) is 3.10. The molecule has 1 nitrogen and oxygen atoms in total. The summed E-state index contributed by atoms with van der Waals surface area (Å²) in [5.41, 5.74) is 0. The minimum absolute atomic E-state index is 0.699. The molecule has 1 rings (SSSR count). The van der Waals surface area contributed by atoms with Gasteiger partial charge in [0.15, 0.2) is 0 Å². The van der Waals surface area contributed by atoms with Gasteiger partial charge in [0.2, 0.25) is 0 Å². The zero-order valence-corrected chi connectivity index (χ0v) is 9.52. The summed E-state index contributed by atoms with van der Waals surface area (Å²) in [7, 11) is 0. The fraction of sp³-hybridized carbons (Fsp3) is 1.00. The van der Waals surface area contributed by atoms with Crippen LogP contribution in [0.25, 0.3) is 0 Å². The highest BCUT2D eigenvalue weighted by atomic mass is 35.5. The molecule has 0 N–H and O–H groups in total. The molecule has 0 spiro atoms. The molecular weight excluding hydrogens is 184 g/mol. The Morgan fingerprint density at radius 2 is 1.92 bits per heavy atom. The van der Waals surface area contributed by atoms with E-state index in [1.165, 1.54) is 19.3 Å². The van der Waals surface area contributed by atoms with Crippen LogP contribution in [0, 0.1) is 17.8 Å². The van der Waals surface area contributed by atoms with Crippen LogP contribution in [0.2, 0.25) is 0 Å². The molecule has 13 heavy (non-hydrogen) atoms. The Bertz CT molecular complexity index is 130. The van der Waals surface area contributed by atoms with E-state index in [9.17, 15) is 0 Å². The standard InChI is InChI=1S/C11H21ClO/c1-9(2)11(8-12)7-10-3-5-13-6-4-10/h9-11H,3-8H2,1-2H3. The van der Waals surface area contributed by atoms with Gasteiger partial charge in [-0.05, 0) is 37.0 Å². The van der Waals surface area contributed by atoms with Gasteiger partial charge in [0.05, 0.1) is 0 Å². The molecule has 0 amide bonds. The molecule has 1 fully saturated rings. The molecule has 1 aliphatic rings. The maximum Gasteiger partial charge on any atom is 0.0468 e. The molecule has 1 aliphatic heterocycles. The molecule has 0 aliphatic carbocycles. The molecule has 0 aromatic rings. The smallest absolute Gasteiger partial charge is 0.0468 e. The molecule has 1 unspecified atom stereocenters. The van der Waals surface area contributed by atoms with Crippen molar-refractivity contribution in [2.24, 2.45) is 17.8 Å². The second kappa shape index (κ2) is 5.87. The second-order valence-corrected chi connectivity index (χ2v) is 4.76. The van der Waals surface area contributed by atoms with E-state index in [1.807, 2.05) is 0 Å². The van der Waals surface area contributed by atoms with Crippen molar-refractivity contribution >= 4 is 11.6 Å². The normalized spacial score (nSPS) is 22.2. The first-order chi connectivity index (χ1) is 6.24. The fourth-order valence-electron chi connectivity index (χ4n) is 1.92. The summed E-state index contributed by atoms with van der Waals surface area (Å²) < 4.78 is 5.34. The van der Waals surface area contributed by atoms with Gasteiger partial charge in [0, 0.05) is 19.1 Å². The first kappa shape index (κ1) is 11.3. The summed E-state index contributed by atoms with van der Waals surface area (Å²) in [6.07, 6.45) is 3.77. The fourth-order valence-corrected chi connectivity index (χ4v) is 2.41. The number of ether oxygens (including phenoxy) is 1. The zero-order valence-electron chi connectivity index (χ0n) is 8.76. The monoisotopic (exact) mass is 204 g/mol. The Morgan fingerprint density at radius 3 is 2.38 bits per heavy atom. The van der Waals surface area contributed by atoms with E-state index in [0.29, 0.717) is 5.92 Å². The van der Waals surface area contributed by atoms with E-state index >= 15 is 0 Å². The van der Waals surface area contributed by atoms with Crippen molar-refractivity contribution in [2.45, 2.75) is 33.1 Å². The van der Waals surface area contributed by atoms with Crippen LogP contribution in [0.15, 0.2) is 0 Å². The number of alkyl halides is 1. The quantitative estimate of drug-likeness (QED) is 0.639. The summed E-state index contributed by atoms with van der Waals surface area (Å²) in [4.78, 5) is 0. The molecule has 0 aromatic carbocycles. The molecular formula is C11H21ClO. The van der Waals surface area contributed by atoms with E-state index in [-0.39, 0.29) is 0 Å². The van der Waals surface area contributed by atoms with Gasteiger partial charge >= 0.3 is 0 Å². The van der Waals surface area contributed by atoms with Gasteiger partial charge in [-0.3, -0.25) is 0 Å². The third-order valence-electron chi connectivity index (χ3n) is 3.12. The van der Waals surface area contributed by atoms with Crippen LogP contribution in [0.5, 0.6) is 0 Å². The van der Waals surface area contributed by atoms with Crippen molar-refractivity contribution in [1.29, 1.82) is 0 Å². The summed E-state index contributed by atoms with van der Waals surface area (Å²) >= 11 is 5.95. The van der Waals surface area contributed by atoms with Gasteiger partial charge in [0.25, 0.3) is 0 Å². The topological polar surface area (TPSA) is 9.23 Å². The van der Waals surface area contributed by atoms with E-state index in [1.54, 1.807) is 0 Å². The summed E-state index contributed by atoms with van der Waals surface area (Å²) in [6.45, 7) is 6.45. The zero-order chi connectivity index (χ0) is 9.68. The average molecular weight is 205 g/mol. The van der Waals surface area contributed by atoms with Crippen LogP contribution < -0.4 is 0 Å². The van der Waals surface area contributed by atoms with Crippen LogP contribution in [-0.4, -0.2) is 19.1 Å². The first-order valence-corrected chi connectivity index (χ1v) is 5.91. The Kier molecular flexibility index (Phi) is 5.12. The van der Waals surface area contributed by atoms with E-state index in [0.717, 1.165) is 30.9 Å². The van der Waals surface area contributed by atoms with Crippen LogP contribution in [0.1, 0.15) is 33.1 Å². The maximum atomic E-state index is 5.95. The van der Waals surface area contributed by atoms with Crippen molar-refractivity contribution in [1.82, 2.24) is 0 Å². The molecule has 0 radical (unpaired) electrons. The SMILES string of the molecule is CC(C)C(CCl)CC1CCOCC1. The molecule has 0 aromatic heterocycles. The molecule has 2 heteroatoms. The summed E-state index contributed by atoms with van der Waals surface area (Å²) in [6, 6.07) is 0. The van der Waals surface area contributed by atoms with Gasteiger partial charge in [-0.15, -0.1) is 11.6 Å². The van der Waals surface area contributed by atoms with Crippen LogP contribution in [0.4, 0.5) is 0 Å². The molecule has 1 atom stereocenters. The molecule has 78 valence electrons. The minimum atomic E-state index is 0.699. The highest BCUT2D eigenvalue weighted by Gasteiger charge is 2.20. The lowest BCUT2D eigenvalue weighted by Gasteiger charge is -2.27. The third-order valence-corrected chi connectivity index (χ3v) is 3.51. The lowest BCUT2D eigenvalue weighted by molar-refractivity contribution is 0.0572. The predicted octanol–water partition coefficient (Wildman–Crippen LogP) is 3.31. The Morgan fingerprint density at radius 1 is 1.31 bits per heavy atom. The van der Waals surface area contributed by atoms with Crippen molar-refractivity contribution in [3.63, 3.8) is 0 Å². The lowest BCUT2D eigenvalue weighted by atomic mass is 9.84. The highest BCUT2D eigenvalue weighted by Crippen LogP contribution is 2.27. The van der Waals surface area contributed by atoms with Gasteiger partial charge in [0.1, 0.15) is 0 Å². The number of hydrogen-bond donors (Lipinski definition) is 0. The van der Waals surface area contributed by atoms with Crippen LogP contribution >= 0.6 is 11.6 Å². The molecule has 0 bridgehead atoms. The Hall–Kier alpha value is 0.250. The minimum Gasteiger partial charge on any atom is -0.381 e. The van der Waals surface area contributed by atoms with E-state index in [2.05, 4.69) is 13.8 Å². The van der Waals surface area contributed by atoms with Crippen molar-refractivity contribution in [2.75, 3.05) is 19.1 Å². The highest BCUT2D eigenvalue weighted by molar-refractivity contribution is 6.18. The van der Waals surface area contributed by atoms with Crippen molar-refractivity contribution in [3.8, 4) is 0 Å². The molecule has 1 saturated heterocycles. The molecule has 0 saturated carbocycles. The third kappa shape index (κ3) is 3.86. The van der Waals surface area contributed by atoms with Gasteiger partial charge in [-0.2, -0.15) is 0 Å². The lowest BCUT2D eigenvalue weighted by Crippen LogP contribution is -2.21. The van der Waals surface area contributed by atoms with E-state index < -0.39 is 0 Å². The van der Waals surface area contributed by atoms with Gasteiger partial charge < -0.3 is 4.74 Å². The Balaban J connectivity index is 2.27. The van der Waals surface area contributed by atoms with Crippen LogP contribution in [-0.2, 0) is 4.74 Å².